The maximum atomic E-state index is 13.3. The van der Waals surface area contributed by atoms with Gasteiger partial charge in [0.15, 0.2) is 5.76 Å². The lowest BCUT2D eigenvalue weighted by Gasteiger charge is -2.27. The smallest absolute Gasteiger partial charge is 0.311 e. The maximum Gasteiger partial charge on any atom is 0.311 e. The van der Waals surface area contributed by atoms with E-state index in [4.69, 9.17) is 23.7 Å². The molecule has 1 aromatic carbocycles. The summed E-state index contributed by atoms with van der Waals surface area (Å²) in [7, 11) is 0. The fourth-order valence-corrected chi connectivity index (χ4v) is 3.84. The Labute approximate surface area is 208 Å². The first kappa shape index (κ1) is 28.5. The van der Waals surface area contributed by atoms with Crippen molar-refractivity contribution in [3.8, 4) is 5.75 Å². The molecule has 1 heterocycles. The van der Waals surface area contributed by atoms with E-state index in [1.807, 2.05) is 6.92 Å². The predicted molar refractivity (Wildman–Crippen MR) is 129 cm³/mol. The predicted octanol–water partition coefficient (Wildman–Crippen LogP) is 4.11. The van der Waals surface area contributed by atoms with Crippen LogP contribution in [0.15, 0.2) is 33.5 Å². The number of rotatable bonds is 13. The summed E-state index contributed by atoms with van der Waals surface area (Å²) < 4.78 is 22.1. The summed E-state index contributed by atoms with van der Waals surface area (Å²) in [6.07, 6.45) is -0.628. The molecule has 0 bridgehead atoms. The number of benzene rings is 1. The molecule has 0 aliphatic rings. The van der Waals surface area contributed by atoms with E-state index < -0.39 is 47.4 Å². The van der Waals surface area contributed by atoms with Gasteiger partial charge >= 0.3 is 23.9 Å². The Morgan fingerprint density at radius 1 is 1.00 bits per heavy atom. The molecule has 1 aromatic heterocycles. The van der Waals surface area contributed by atoms with Crippen LogP contribution in [0.5, 0.6) is 5.75 Å². The number of carbonyl (C=O) groups excluding carboxylic acids is 3. The summed E-state index contributed by atoms with van der Waals surface area (Å²) in [5.74, 6) is -3.43. The monoisotopic (exact) mass is 504 g/mol. The average molecular weight is 505 g/mol. The number of carbonyl (C=O) groups is 4. The first-order chi connectivity index (χ1) is 17.0. The fraction of sp³-hybridized carbons (Fsp3) is 0.500. The molecule has 0 aliphatic heterocycles. The zero-order valence-corrected chi connectivity index (χ0v) is 20.9. The van der Waals surface area contributed by atoms with E-state index in [0.29, 0.717) is 18.4 Å². The molecule has 0 saturated heterocycles. The normalized spacial score (nSPS) is 13.4. The number of ether oxygens (including phenoxy) is 3. The van der Waals surface area contributed by atoms with Crippen LogP contribution >= 0.6 is 0 Å². The molecular formula is C26H32O10. The largest absolute Gasteiger partial charge is 0.481 e. The number of carboxylic acids is 1. The van der Waals surface area contributed by atoms with Crippen molar-refractivity contribution in [3.63, 3.8) is 0 Å². The Hall–Kier alpha value is -3.69. The Bertz CT molecular complexity index is 1150. The summed E-state index contributed by atoms with van der Waals surface area (Å²) in [6, 6.07) is 6.54. The highest BCUT2D eigenvalue weighted by atomic mass is 16.6. The lowest BCUT2D eigenvalue weighted by Crippen LogP contribution is -2.33. The van der Waals surface area contributed by atoms with Gasteiger partial charge in [0.05, 0.1) is 5.39 Å². The Kier molecular flexibility index (Phi) is 10.6. The van der Waals surface area contributed by atoms with Crippen LogP contribution in [-0.4, -0.2) is 41.2 Å². The molecule has 2 aromatic rings. The first-order valence-corrected chi connectivity index (χ1v) is 11.9. The molecule has 0 spiro atoms. The van der Waals surface area contributed by atoms with Crippen molar-refractivity contribution < 1.29 is 42.9 Å². The molecule has 3 atom stereocenters. The van der Waals surface area contributed by atoms with E-state index in [0.717, 1.165) is 0 Å². The van der Waals surface area contributed by atoms with Gasteiger partial charge in [-0.2, -0.15) is 0 Å². The highest BCUT2D eigenvalue weighted by Crippen LogP contribution is 2.35. The Morgan fingerprint density at radius 3 is 2.25 bits per heavy atom. The van der Waals surface area contributed by atoms with Gasteiger partial charge in [-0.1, -0.05) is 19.1 Å². The maximum absolute atomic E-state index is 13.3. The van der Waals surface area contributed by atoms with E-state index in [9.17, 15) is 24.0 Å². The zero-order valence-electron chi connectivity index (χ0n) is 20.9. The van der Waals surface area contributed by atoms with Crippen LogP contribution in [0.25, 0.3) is 11.0 Å². The van der Waals surface area contributed by atoms with Gasteiger partial charge < -0.3 is 23.7 Å². The van der Waals surface area contributed by atoms with Gasteiger partial charge in [-0.3, -0.25) is 24.0 Å². The van der Waals surface area contributed by atoms with Gasteiger partial charge in [-0.25, -0.2) is 0 Å². The third kappa shape index (κ3) is 8.21. The number of hydrogen-bond donors (Lipinski definition) is 1. The number of unbranched alkanes of at least 4 members (excludes halogenated alkanes) is 1. The topological polar surface area (TPSA) is 146 Å². The minimum absolute atomic E-state index is 0.0741. The SMILES string of the molecule is CCC(CC(OC(C)=O)C(C)OC(C)=O)c1oc2ccccc2c(=O)c1OC(=O)CCCCC(=O)O. The second kappa shape index (κ2) is 13.4. The van der Waals surface area contributed by atoms with Gasteiger partial charge in [0, 0.05) is 32.6 Å². The summed E-state index contributed by atoms with van der Waals surface area (Å²) in [5, 5.41) is 8.99. The van der Waals surface area contributed by atoms with Crippen molar-refractivity contribution in [1.29, 1.82) is 0 Å². The summed E-state index contributed by atoms with van der Waals surface area (Å²) in [4.78, 5) is 59.7. The molecule has 0 radical (unpaired) electrons. The second-order valence-corrected chi connectivity index (χ2v) is 8.50. The number of hydrogen-bond acceptors (Lipinski definition) is 9. The minimum atomic E-state index is -0.961. The van der Waals surface area contributed by atoms with Crippen LogP contribution in [0.1, 0.15) is 77.9 Å². The summed E-state index contributed by atoms with van der Waals surface area (Å²) in [6.45, 7) is 5.91. The molecule has 196 valence electrons. The van der Waals surface area contributed by atoms with E-state index in [1.54, 1.807) is 31.2 Å². The highest BCUT2D eigenvalue weighted by Gasteiger charge is 2.31. The van der Waals surface area contributed by atoms with Crippen molar-refractivity contribution in [1.82, 2.24) is 0 Å². The number of carboxylic acid groups (broad SMARTS) is 1. The van der Waals surface area contributed by atoms with Gasteiger partial charge in [0.2, 0.25) is 11.2 Å². The van der Waals surface area contributed by atoms with Gasteiger partial charge in [0.1, 0.15) is 17.8 Å². The fourth-order valence-electron chi connectivity index (χ4n) is 3.84. The van der Waals surface area contributed by atoms with Crippen LogP contribution in [0.4, 0.5) is 0 Å². The molecule has 0 fully saturated rings. The molecule has 0 saturated carbocycles. The van der Waals surface area contributed by atoms with Crippen molar-refractivity contribution in [2.45, 2.75) is 84.3 Å². The zero-order chi connectivity index (χ0) is 26.8. The lowest BCUT2D eigenvalue weighted by atomic mass is 9.92. The average Bonchev–Trinajstić information content (AvgIpc) is 2.80. The van der Waals surface area contributed by atoms with Crippen molar-refractivity contribution >= 4 is 34.8 Å². The number of para-hydroxylation sites is 1. The van der Waals surface area contributed by atoms with Crippen LogP contribution < -0.4 is 10.2 Å². The molecule has 0 amide bonds. The summed E-state index contributed by atoms with van der Waals surface area (Å²) >= 11 is 0. The molecule has 10 nitrogen and oxygen atoms in total. The van der Waals surface area contributed by atoms with Gasteiger partial charge in [-0.05, 0) is 44.7 Å². The molecule has 2 rings (SSSR count). The minimum Gasteiger partial charge on any atom is -0.481 e. The first-order valence-electron chi connectivity index (χ1n) is 11.9. The molecule has 0 aliphatic carbocycles. The van der Waals surface area contributed by atoms with E-state index in [2.05, 4.69) is 0 Å². The van der Waals surface area contributed by atoms with Crippen LogP contribution in [0.3, 0.4) is 0 Å². The molecule has 36 heavy (non-hydrogen) atoms. The number of esters is 3. The number of fused-ring (bicyclic) bond motifs is 1. The van der Waals surface area contributed by atoms with Crippen molar-refractivity contribution in [3.05, 3.63) is 40.2 Å². The quantitative estimate of drug-likeness (QED) is 0.312. The van der Waals surface area contributed by atoms with E-state index in [1.165, 1.54) is 13.8 Å². The highest BCUT2D eigenvalue weighted by molar-refractivity contribution is 5.80. The van der Waals surface area contributed by atoms with Crippen LogP contribution in [0, 0.1) is 0 Å². The van der Waals surface area contributed by atoms with E-state index in [-0.39, 0.29) is 42.6 Å². The number of aliphatic carboxylic acids is 1. The van der Waals surface area contributed by atoms with Gasteiger partial charge in [-0.15, -0.1) is 0 Å². The molecular weight excluding hydrogens is 472 g/mol. The third-order valence-corrected chi connectivity index (χ3v) is 5.59. The van der Waals surface area contributed by atoms with Crippen molar-refractivity contribution in [2.24, 2.45) is 0 Å². The molecule has 3 unspecified atom stereocenters. The standard InChI is InChI=1S/C26H32O10/c1-5-18(14-21(34-17(4)28)15(2)33-16(3)27)25-26(36-23(31)13-9-8-12-22(29)30)24(32)19-10-6-7-11-20(19)35-25/h6-7,10-11,15,18,21H,5,8-9,12-14H2,1-4H3,(H,29,30). The Balaban J connectivity index is 2.43. The summed E-state index contributed by atoms with van der Waals surface area (Å²) in [5.41, 5.74) is -0.226. The molecule has 10 heteroatoms. The van der Waals surface area contributed by atoms with Crippen LogP contribution in [0.2, 0.25) is 0 Å². The van der Waals surface area contributed by atoms with Crippen molar-refractivity contribution in [2.75, 3.05) is 0 Å². The lowest BCUT2D eigenvalue weighted by molar-refractivity contribution is -0.164. The third-order valence-electron chi connectivity index (χ3n) is 5.59. The van der Waals surface area contributed by atoms with Gasteiger partial charge in [0.25, 0.3) is 0 Å². The molecule has 1 N–H and O–H groups in total. The second-order valence-electron chi connectivity index (χ2n) is 8.50. The van der Waals surface area contributed by atoms with Crippen LogP contribution in [-0.2, 0) is 28.7 Å². The Morgan fingerprint density at radius 2 is 1.64 bits per heavy atom. The van der Waals surface area contributed by atoms with E-state index >= 15 is 0 Å².